The van der Waals surface area contributed by atoms with Gasteiger partial charge in [0.25, 0.3) is 0 Å². The summed E-state index contributed by atoms with van der Waals surface area (Å²) in [5, 5.41) is 26.7. The first-order valence-electron chi connectivity index (χ1n) is 8.45. The molecule has 0 spiro atoms. The molecule has 140 valence electrons. The number of carbonyl (C=O) groups excluding carboxylic acids is 1. The van der Waals surface area contributed by atoms with Crippen molar-refractivity contribution in [3.8, 4) is 11.5 Å². The monoisotopic (exact) mass is 367 g/mol. The van der Waals surface area contributed by atoms with Crippen LogP contribution in [0.5, 0.6) is 11.5 Å². The summed E-state index contributed by atoms with van der Waals surface area (Å²) < 4.78 is 5.14. The zero-order chi connectivity index (χ0) is 19.4. The normalized spacial score (nSPS) is 11.8. The second-order valence-electron chi connectivity index (χ2n) is 6.34. The molecule has 0 aliphatic heterocycles. The van der Waals surface area contributed by atoms with E-state index in [9.17, 15) is 9.90 Å². The van der Waals surface area contributed by atoms with Crippen molar-refractivity contribution in [2.24, 2.45) is 0 Å². The molecule has 1 atom stereocenters. The predicted molar refractivity (Wildman–Crippen MR) is 99.8 cm³/mol. The number of anilines is 1. The van der Waals surface area contributed by atoms with Crippen molar-refractivity contribution in [3.05, 3.63) is 58.9 Å². The second-order valence-corrected chi connectivity index (χ2v) is 6.34. The van der Waals surface area contributed by atoms with E-state index in [-0.39, 0.29) is 11.7 Å². The number of aromatic nitrogens is 4. The maximum absolute atomic E-state index is 13.0. The summed E-state index contributed by atoms with van der Waals surface area (Å²) in [4.78, 5) is 13.0. The minimum absolute atomic E-state index is 0.0391. The number of rotatable bonds is 6. The van der Waals surface area contributed by atoms with Crippen molar-refractivity contribution < 1.29 is 14.6 Å². The highest BCUT2D eigenvalue weighted by Crippen LogP contribution is 2.29. The van der Waals surface area contributed by atoms with E-state index in [0.717, 1.165) is 22.4 Å². The van der Waals surface area contributed by atoms with Crippen LogP contribution in [0, 0.1) is 13.8 Å². The van der Waals surface area contributed by atoms with E-state index in [0.29, 0.717) is 18.0 Å². The fraction of sp³-hybridized carbons (Fsp3) is 0.263. The molecule has 3 aromatic rings. The van der Waals surface area contributed by atoms with Crippen LogP contribution in [0.4, 0.5) is 5.69 Å². The third-order valence-corrected chi connectivity index (χ3v) is 4.32. The number of aromatic amines is 1. The highest BCUT2D eigenvalue weighted by atomic mass is 16.5. The van der Waals surface area contributed by atoms with Crippen LogP contribution in [0.15, 0.2) is 36.4 Å². The van der Waals surface area contributed by atoms with Crippen LogP contribution in [-0.2, 0) is 11.2 Å². The van der Waals surface area contributed by atoms with Gasteiger partial charge >= 0.3 is 0 Å². The topological polar surface area (TPSA) is 113 Å². The largest absolute Gasteiger partial charge is 0.504 e. The number of methoxy groups -OCH3 is 1. The molecule has 0 aliphatic carbocycles. The lowest BCUT2D eigenvalue weighted by Crippen LogP contribution is -2.24. The number of aryl methyl sites for hydroxylation is 2. The van der Waals surface area contributed by atoms with Gasteiger partial charge in [-0.25, -0.2) is 0 Å². The summed E-state index contributed by atoms with van der Waals surface area (Å²) >= 11 is 0. The van der Waals surface area contributed by atoms with Crippen LogP contribution in [-0.4, -0.2) is 38.7 Å². The lowest BCUT2D eigenvalue weighted by molar-refractivity contribution is -0.117. The Kier molecular flexibility index (Phi) is 5.35. The number of nitrogens with zero attached hydrogens (tertiary/aromatic N) is 3. The molecule has 3 rings (SSSR count). The number of nitrogens with one attached hydrogen (secondary N) is 2. The lowest BCUT2D eigenvalue weighted by Gasteiger charge is -2.16. The van der Waals surface area contributed by atoms with Gasteiger partial charge in [-0.05, 0) is 55.2 Å². The molecule has 27 heavy (non-hydrogen) atoms. The highest BCUT2D eigenvalue weighted by Gasteiger charge is 2.26. The zero-order valence-corrected chi connectivity index (χ0v) is 15.4. The van der Waals surface area contributed by atoms with Gasteiger partial charge in [-0.1, -0.05) is 23.4 Å². The van der Waals surface area contributed by atoms with Crippen LogP contribution in [0.3, 0.4) is 0 Å². The number of aromatic hydroxyl groups is 1. The molecule has 8 nitrogen and oxygen atoms in total. The van der Waals surface area contributed by atoms with Crippen LogP contribution in [0.1, 0.15) is 28.4 Å². The Balaban J connectivity index is 1.88. The SMILES string of the molecule is COc1cc(C[C@H](C(=O)Nc2cc(C)ccc2C)c2nn[nH]n2)ccc1O. The Morgan fingerprint density at radius 3 is 2.78 bits per heavy atom. The molecule has 0 bridgehead atoms. The number of hydrogen-bond acceptors (Lipinski definition) is 6. The second kappa shape index (κ2) is 7.86. The zero-order valence-electron chi connectivity index (χ0n) is 15.4. The molecule has 0 saturated heterocycles. The Morgan fingerprint density at radius 2 is 2.07 bits per heavy atom. The van der Waals surface area contributed by atoms with Crippen molar-refractivity contribution in [1.82, 2.24) is 20.6 Å². The van der Waals surface area contributed by atoms with E-state index in [1.807, 2.05) is 32.0 Å². The van der Waals surface area contributed by atoms with Crippen LogP contribution in [0.2, 0.25) is 0 Å². The van der Waals surface area contributed by atoms with Gasteiger partial charge < -0.3 is 15.2 Å². The van der Waals surface area contributed by atoms with Crippen molar-refractivity contribution in [3.63, 3.8) is 0 Å². The number of phenols is 1. The Hall–Kier alpha value is -3.42. The number of amides is 1. The van der Waals surface area contributed by atoms with E-state index < -0.39 is 5.92 Å². The summed E-state index contributed by atoms with van der Waals surface area (Å²) in [6.07, 6.45) is 0.326. The lowest BCUT2D eigenvalue weighted by atomic mass is 9.97. The smallest absolute Gasteiger partial charge is 0.235 e. The van der Waals surface area contributed by atoms with E-state index >= 15 is 0 Å². The van der Waals surface area contributed by atoms with Gasteiger partial charge in [-0.15, -0.1) is 10.2 Å². The fourth-order valence-corrected chi connectivity index (χ4v) is 2.79. The molecule has 8 heteroatoms. The van der Waals surface area contributed by atoms with E-state index in [4.69, 9.17) is 4.74 Å². The number of hydrogen-bond donors (Lipinski definition) is 3. The number of tetrazole rings is 1. The Labute approximate surface area is 156 Å². The average molecular weight is 367 g/mol. The van der Waals surface area contributed by atoms with Crippen molar-refractivity contribution in [2.75, 3.05) is 12.4 Å². The molecule has 0 aliphatic rings. The van der Waals surface area contributed by atoms with Gasteiger partial charge in [0.05, 0.1) is 7.11 Å². The Bertz CT molecular complexity index is 941. The summed E-state index contributed by atoms with van der Waals surface area (Å²) in [7, 11) is 1.47. The maximum Gasteiger partial charge on any atom is 0.235 e. The quantitative estimate of drug-likeness (QED) is 0.617. The van der Waals surface area contributed by atoms with Crippen molar-refractivity contribution in [1.29, 1.82) is 0 Å². The standard InChI is InChI=1S/C19H21N5O3/c1-11-4-5-12(2)15(8-11)20-19(26)14(18-21-23-24-22-18)9-13-6-7-16(25)17(10-13)27-3/h4-8,10,14,25H,9H2,1-3H3,(H,20,26)(H,21,22,23,24)/t14-/m0/s1. The van der Waals surface area contributed by atoms with Crippen LogP contribution >= 0.6 is 0 Å². The molecule has 3 N–H and O–H groups in total. The summed E-state index contributed by atoms with van der Waals surface area (Å²) in [5.74, 6) is -0.216. The van der Waals surface area contributed by atoms with Crippen molar-refractivity contribution in [2.45, 2.75) is 26.2 Å². The number of carbonyl (C=O) groups is 1. The van der Waals surface area contributed by atoms with Gasteiger partial charge in [0, 0.05) is 5.69 Å². The third kappa shape index (κ3) is 4.22. The van der Waals surface area contributed by atoms with Gasteiger partial charge in [0.15, 0.2) is 17.3 Å². The van der Waals surface area contributed by atoms with Crippen LogP contribution < -0.4 is 10.1 Å². The molecule has 1 heterocycles. The average Bonchev–Trinajstić information content (AvgIpc) is 3.18. The first-order chi connectivity index (χ1) is 13.0. The molecular weight excluding hydrogens is 346 g/mol. The molecule has 0 saturated carbocycles. The first kappa shape index (κ1) is 18.4. The highest BCUT2D eigenvalue weighted by molar-refractivity contribution is 5.96. The van der Waals surface area contributed by atoms with Crippen molar-refractivity contribution >= 4 is 11.6 Å². The molecule has 0 fully saturated rings. The van der Waals surface area contributed by atoms with E-state index in [1.54, 1.807) is 12.1 Å². The first-order valence-corrected chi connectivity index (χ1v) is 8.45. The molecule has 0 unspecified atom stereocenters. The van der Waals surface area contributed by atoms with Crippen LogP contribution in [0.25, 0.3) is 0 Å². The van der Waals surface area contributed by atoms with E-state index in [1.165, 1.54) is 13.2 Å². The van der Waals surface area contributed by atoms with Gasteiger partial charge in [-0.2, -0.15) is 5.21 Å². The number of phenolic OH excluding ortho intramolecular Hbond substituents is 1. The Morgan fingerprint density at radius 1 is 1.26 bits per heavy atom. The number of benzene rings is 2. The third-order valence-electron chi connectivity index (χ3n) is 4.32. The molecule has 0 radical (unpaired) electrons. The summed E-state index contributed by atoms with van der Waals surface area (Å²) in [6, 6.07) is 10.8. The summed E-state index contributed by atoms with van der Waals surface area (Å²) in [6.45, 7) is 3.90. The van der Waals surface area contributed by atoms with Gasteiger partial charge in [0.2, 0.25) is 5.91 Å². The van der Waals surface area contributed by atoms with E-state index in [2.05, 4.69) is 25.9 Å². The predicted octanol–water partition coefficient (Wildman–Crippen LogP) is 2.50. The summed E-state index contributed by atoms with van der Waals surface area (Å²) in [5.41, 5.74) is 3.56. The molecule has 1 amide bonds. The fourth-order valence-electron chi connectivity index (χ4n) is 2.79. The maximum atomic E-state index is 13.0. The van der Waals surface area contributed by atoms with Gasteiger partial charge in [0.1, 0.15) is 5.92 Å². The molecular formula is C19H21N5O3. The van der Waals surface area contributed by atoms with Gasteiger partial charge in [-0.3, -0.25) is 4.79 Å². The molecule has 1 aromatic heterocycles. The number of ether oxygens (including phenoxy) is 1. The number of H-pyrrole nitrogens is 1. The minimum atomic E-state index is -0.655. The minimum Gasteiger partial charge on any atom is -0.504 e. The molecule has 2 aromatic carbocycles.